The number of aromatic nitrogens is 2. The minimum absolute atomic E-state index is 0.0305. The topological polar surface area (TPSA) is 78.2 Å². The van der Waals surface area contributed by atoms with Crippen molar-refractivity contribution in [3.63, 3.8) is 0 Å². The molecule has 0 unspecified atom stereocenters. The van der Waals surface area contributed by atoms with E-state index < -0.39 is 22.5 Å². The Hall–Kier alpha value is -2.40. The Morgan fingerprint density at radius 1 is 1.06 bits per heavy atom. The van der Waals surface area contributed by atoms with Crippen molar-refractivity contribution in [1.29, 1.82) is 0 Å². The van der Waals surface area contributed by atoms with Crippen molar-refractivity contribution in [3.05, 3.63) is 71.2 Å². The lowest BCUT2D eigenvalue weighted by Crippen LogP contribution is -2.49. The van der Waals surface area contributed by atoms with Crippen molar-refractivity contribution < 1.29 is 23.5 Å². The van der Waals surface area contributed by atoms with Crippen LogP contribution < -0.4 is 10.2 Å². The number of hydrogen-bond donors (Lipinski definition) is 1. The van der Waals surface area contributed by atoms with E-state index in [1.807, 2.05) is 25.2 Å². The van der Waals surface area contributed by atoms with Gasteiger partial charge in [-0.25, -0.2) is 4.98 Å². The van der Waals surface area contributed by atoms with E-state index in [2.05, 4.69) is 115 Å². The maximum Gasteiger partial charge on any atom is 0.494 e. The second-order valence-corrected chi connectivity index (χ2v) is 20.8. The van der Waals surface area contributed by atoms with E-state index in [-0.39, 0.29) is 28.4 Å². The maximum atomic E-state index is 11.0. The Labute approximate surface area is 284 Å². The molecule has 1 saturated heterocycles. The minimum atomic E-state index is -2.16. The van der Waals surface area contributed by atoms with Crippen LogP contribution in [0.3, 0.4) is 0 Å². The zero-order valence-electron chi connectivity index (χ0n) is 30.7. The quantitative estimate of drug-likeness (QED) is 0.244. The lowest BCUT2D eigenvalue weighted by Gasteiger charge is -2.41. The summed E-state index contributed by atoms with van der Waals surface area (Å²) in [5.74, 6) is 1.78. The van der Waals surface area contributed by atoms with E-state index >= 15 is 0 Å². The van der Waals surface area contributed by atoms with Gasteiger partial charge in [-0.05, 0) is 120 Å². The minimum Gasteiger partial charge on any atom is -0.489 e. The molecule has 11 heteroatoms. The summed E-state index contributed by atoms with van der Waals surface area (Å²) in [6, 6.07) is 14.7. The normalized spacial score (nSPS) is 19.9. The molecule has 0 spiro atoms. The molecule has 2 aliphatic heterocycles. The standard InChI is InChI=1S/C36H55B2N3O5Si/c1-25-13-14-26(2)41(25)33-20-16-28(22-39-33)32(44-47(11,12)34(3,4)5)24-40(37(10)42)23-30-18-15-27-21-29(17-19-31(27)43-30)38-45-35(6,7)36(8,9)46-38/h13-14,16-17,19-22,30,32,42H,15,18,23-24H2,1-12H3/t30-,32+/m1/s1. The van der Waals surface area contributed by atoms with Gasteiger partial charge in [-0.15, -0.1) is 0 Å². The highest BCUT2D eigenvalue weighted by atomic mass is 28.4. The van der Waals surface area contributed by atoms with E-state index in [1.165, 1.54) is 0 Å². The van der Waals surface area contributed by atoms with Gasteiger partial charge in [0, 0.05) is 30.7 Å². The van der Waals surface area contributed by atoms with Crippen molar-refractivity contribution in [2.24, 2.45) is 0 Å². The molecule has 0 aliphatic carbocycles. The summed E-state index contributed by atoms with van der Waals surface area (Å²) in [4.78, 5) is 6.96. The number of hydrogen-bond acceptors (Lipinski definition) is 7. The number of fused-ring (bicyclic) bond motifs is 1. The lowest BCUT2D eigenvalue weighted by molar-refractivity contribution is 0.00578. The molecule has 0 amide bonds. The molecule has 0 saturated carbocycles. The van der Waals surface area contributed by atoms with Crippen molar-refractivity contribution in [1.82, 2.24) is 14.4 Å². The summed E-state index contributed by atoms with van der Waals surface area (Å²) in [5.41, 5.74) is 4.72. The lowest BCUT2D eigenvalue weighted by atomic mass is 9.77. The molecule has 2 aromatic heterocycles. The second-order valence-electron chi connectivity index (χ2n) is 16.1. The molecule has 3 aromatic rings. The van der Waals surface area contributed by atoms with Gasteiger partial charge < -0.3 is 32.9 Å². The molecule has 2 aliphatic rings. The fraction of sp³-hybridized carbons (Fsp3) is 0.583. The van der Waals surface area contributed by atoms with Gasteiger partial charge in [0.2, 0.25) is 0 Å². The molecular formula is C36H55B2N3O5Si. The highest BCUT2D eigenvalue weighted by molar-refractivity contribution is 6.74. The first-order chi connectivity index (χ1) is 21.8. The van der Waals surface area contributed by atoms with Crippen LogP contribution in [0.1, 0.15) is 83.5 Å². The van der Waals surface area contributed by atoms with Crippen LogP contribution >= 0.6 is 0 Å². The third-order valence-electron chi connectivity index (χ3n) is 10.9. The predicted molar refractivity (Wildman–Crippen MR) is 194 cm³/mol. The average Bonchev–Trinajstić information content (AvgIpc) is 3.43. The van der Waals surface area contributed by atoms with Crippen LogP contribution in [-0.2, 0) is 20.2 Å². The van der Waals surface area contributed by atoms with E-state index in [0.717, 1.165) is 52.4 Å². The Balaban J connectivity index is 1.33. The average molecular weight is 660 g/mol. The first kappa shape index (κ1) is 35.9. The molecule has 8 nitrogen and oxygen atoms in total. The fourth-order valence-corrected chi connectivity index (χ4v) is 7.34. The molecule has 47 heavy (non-hydrogen) atoms. The summed E-state index contributed by atoms with van der Waals surface area (Å²) in [6.07, 6.45) is 3.36. The largest absolute Gasteiger partial charge is 0.494 e. The van der Waals surface area contributed by atoms with Gasteiger partial charge in [-0.3, -0.25) is 0 Å². The van der Waals surface area contributed by atoms with E-state index in [9.17, 15) is 5.02 Å². The highest BCUT2D eigenvalue weighted by Gasteiger charge is 2.52. The number of aryl methyl sites for hydroxylation is 3. The van der Waals surface area contributed by atoms with Crippen molar-refractivity contribution in [2.75, 3.05) is 13.1 Å². The number of rotatable bonds is 10. The van der Waals surface area contributed by atoms with Gasteiger partial charge in [0.25, 0.3) is 0 Å². The molecule has 0 bridgehead atoms. The second kappa shape index (κ2) is 13.1. The summed E-state index contributed by atoms with van der Waals surface area (Å²) in [5, 5.41) is 11.1. The van der Waals surface area contributed by atoms with Crippen LogP contribution in [-0.4, -0.2) is 72.3 Å². The van der Waals surface area contributed by atoms with E-state index in [0.29, 0.717) is 13.1 Å². The fourth-order valence-electron chi connectivity index (χ4n) is 6.07. The van der Waals surface area contributed by atoms with Gasteiger partial charge in [-0.1, -0.05) is 39.0 Å². The summed E-state index contributed by atoms with van der Waals surface area (Å²) in [6.45, 7) is 26.8. The molecule has 254 valence electrons. The number of benzene rings is 1. The highest BCUT2D eigenvalue weighted by Crippen LogP contribution is 2.40. The Morgan fingerprint density at radius 2 is 1.70 bits per heavy atom. The Kier molecular flexibility index (Phi) is 10.0. The van der Waals surface area contributed by atoms with Gasteiger partial charge in [-0.2, -0.15) is 0 Å². The maximum absolute atomic E-state index is 11.0. The molecular weight excluding hydrogens is 604 g/mol. The summed E-state index contributed by atoms with van der Waals surface area (Å²) in [7, 11) is -3.23. The van der Waals surface area contributed by atoms with E-state index in [1.54, 1.807) is 0 Å². The van der Waals surface area contributed by atoms with Crippen LogP contribution in [0.5, 0.6) is 5.75 Å². The van der Waals surface area contributed by atoms with Crippen LogP contribution in [0.15, 0.2) is 48.7 Å². The Morgan fingerprint density at radius 3 is 2.26 bits per heavy atom. The summed E-state index contributed by atoms with van der Waals surface area (Å²) >= 11 is 0. The van der Waals surface area contributed by atoms with Gasteiger partial charge >= 0.3 is 14.2 Å². The molecule has 4 heterocycles. The van der Waals surface area contributed by atoms with Gasteiger partial charge in [0.05, 0.1) is 17.3 Å². The number of ether oxygens (including phenoxy) is 1. The number of nitrogens with zero attached hydrogens (tertiary/aromatic N) is 3. The molecule has 1 N–H and O–H groups in total. The molecule has 1 fully saturated rings. The Bertz CT molecular complexity index is 1520. The smallest absolute Gasteiger partial charge is 0.489 e. The van der Waals surface area contributed by atoms with Gasteiger partial charge in [0.15, 0.2) is 8.32 Å². The SMILES string of the molecule is CB(O)N(C[C@H]1CCc2cc(B3OC(C)(C)C(C)(C)O3)ccc2O1)C[C@H](O[Si](C)(C)C(C)(C)C)c1ccc(-n2c(C)ccc2C)nc1. The number of pyridine rings is 1. The van der Waals surface area contributed by atoms with Crippen LogP contribution in [0.4, 0.5) is 0 Å². The van der Waals surface area contributed by atoms with Gasteiger partial charge in [0.1, 0.15) is 17.7 Å². The third-order valence-corrected chi connectivity index (χ3v) is 15.4. The molecule has 1 aromatic carbocycles. The first-order valence-corrected chi connectivity index (χ1v) is 20.1. The third kappa shape index (κ3) is 7.60. The summed E-state index contributed by atoms with van der Waals surface area (Å²) < 4.78 is 28.4. The van der Waals surface area contributed by atoms with Crippen molar-refractivity contribution >= 4 is 27.9 Å². The van der Waals surface area contributed by atoms with E-state index in [4.69, 9.17) is 23.5 Å². The predicted octanol–water partition coefficient (Wildman–Crippen LogP) is 6.66. The first-order valence-electron chi connectivity index (χ1n) is 17.1. The zero-order valence-corrected chi connectivity index (χ0v) is 31.7. The van der Waals surface area contributed by atoms with Crippen molar-refractivity contribution in [2.45, 2.75) is 124 Å². The monoisotopic (exact) mass is 659 g/mol. The van der Waals surface area contributed by atoms with Crippen LogP contribution in [0.25, 0.3) is 5.82 Å². The zero-order chi connectivity index (χ0) is 34.5. The van der Waals surface area contributed by atoms with Crippen LogP contribution in [0.2, 0.25) is 25.0 Å². The molecule has 0 radical (unpaired) electrons. The molecule has 5 rings (SSSR count). The molecule has 2 atom stereocenters. The van der Waals surface area contributed by atoms with Crippen molar-refractivity contribution in [3.8, 4) is 11.6 Å². The van der Waals surface area contributed by atoms with Crippen LogP contribution in [0, 0.1) is 13.8 Å².